The van der Waals surface area contributed by atoms with Crippen LogP contribution in [0, 0.1) is 22.9 Å². The first-order valence-corrected chi connectivity index (χ1v) is 6.90. The highest BCUT2D eigenvalue weighted by Gasteiger charge is 2.35. The summed E-state index contributed by atoms with van der Waals surface area (Å²) in [6.07, 6.45) is 0. The average Bonchev–Trinajstić information content (AvgIpc) is 2.35. The van der Waals surface area contributed by atoms with Crippen LogP contribution in [0.1, 0.15) is 32.4 Å². The average molecular weight is 359 g/mol. The highest BCUT2D eigenvalue weighted by atomic mass is 35.5. The normalized spacial score (nSPS) is 17.4. The van der Waals surface area contributed by atoms with Crippen molar-refractivity contribution < 1.29 is 13.2 Å². The van der Waals surface area contributed by atoms with Crippen molar-refractivity contribution in [3.8, 4) is 0 Å². The number of halogens is 5. The first-order valence-electron chi connectivity index (χ1n) is 6.90. The van der Waals surface area contributed by atoms with E-state index in [1.165, 1.54) is 0 Å². The van der Waals surface area contributed by atoms with Crippen LogP contribution >= 0.6 is 24.8 Å². The van der Waals surface area contributed by atoms with Crippen LogP contribution in [-0.4, -0.2) is 31.1 Å². The largest absolute Gasteiger partial charge is 0.314 e. The Morgan fingerprint density at radius 1 is 1.05 bits per heavy atom. The topological polar surface area (TPSA) is 15.3 Å². The van der Waals surface area contributed by atoms with E-state index in [1.54, 1.807) is 0 Å². The first kappa shape index (κ1) is 21.5. The molecule has 2 nitrogen and oxygen atoms in total. The van der Waals surface area contributed by atoms with Gasteiger partial charge in [-0.3, -0.25) is 4.90 Å². The van der Waals surface area contributed by atoms with Gasteiger partial charge in [0.05, 0.1) is 0 Å². The smallest absolute Gasteiger partial charge is 0.163 e. The van der Waals surface area contributed by atoms with E-state index >= 15 is 0 Å². The van der Waals surface area contributed by atoms with Gasteiger partial charge in [-0.1, -0.05) is 20.8 Å². The molecule has 7 heteroatoms. The van der Waals surface area contributed by atoms with E-state index in [4.69, 9.17) is 0 Å². The maximum Gasteiger partial charge on any atom is 0.163 e. The fraction of sp³-hybridized carbons (Fsp3) is 0.600. The van der Waals surface area contributed by atoms with Gasteiger partial charge in [-0.05, 0) is 11.5 Å². The van der Waals surface area contributed by atoms with Crippen LogP contribution in [0.2, 0.25) is 0 Å². The molecular weight excluding hydrogens is 336 g/mol. The highest BCUT2D eigenvalue weighted by Crippen LogP contribution is 2.39. The summed E-state index contributed by atoms with van der Waals surface area (Å²) in [5.74, 6) is -2.79. The molecule has 128 valence electrons. The van der Waals surface area contributed by atoms with Gasteiger partial charge < -0.3 is 5.32 Å². The molecule has 0 bridgehead atoms. The molecule has 0 unspecified atom stereocenters. The molecule has 1 aliphatic heterocycles. The van der Waals surface area contributed by atoms with Crippen LogP contribution < -0.4 is 5.32 Å². The number of nitrogens with one attached hydrogen (secondary N) is 1. The zero-order valence-corrected chi connectivity index (χ0v) is 14.6. The Morgan fingerprint density at radius 2 is 1.59 bits per heavy atom. The minimum absolute atomic E-state index is 0. The summed E-state index contributed by atoms with van der Waals surface area (Å²) in [4.78, 5) is 2.09. The summed E-state index contributed by atoms with van der Waals surface area (Å²) in [5, 5.41) is 3.23. The third kappa shape index (κ3) is 4.75. The summed E-state index contributed by atoms with van der Waals surface area (Å²) in [6.45, 7) is 8.95. The molecular formula is C15H23Cl2F3N2. The Balaban J connectivity index is 0.00000220. The maximum atomic E-state index is 14.1. The summed E-state index contributed by atoms with van der Waals surface area (Å²) < 4.78 is 41.1. The Labute approximate surface area is 142 Å². The summed E-state index contributed by atoms with van der Waals surface area (Å²) in [6, 6.07) is 1.36. The second-order valence-electron chi connectivity index (χ2n) is 6.35. The van der Waals surface area contributed by atoms with Crippen molar-refractivity contribution in [2.45, 2.75) is 26.8 Å². The Kier molecular flexibility index (Phi) is 8.20. The molecule has 0 spiro atoms. The van der Waals surface area contributed by atoms with Crippen LogP contribution in [-0.2, 0) is 0 Å². The first-order chi connectivity index (χ1) is 9.30. The highest BCUT2D eigenvalue weighted by molar-refractivity contribution is 5.85. The molecule has 1 atom stereocenters. The van der Waals surface area contributed by atoms with Crippen molar-refractivity contribution in [3.63, 3.8) is 0 Å². The van der Waals surface area contributed by atoms with E-state index in [0.29, 0.717) is 6.07 Å². The van der Waals surface area contributed by atoms with Crippen LogP contribution in [0.15, 0.2) is 12.1 Å². The SMILES string of the molecule is CC(C)(C)[C@@H](c1cc(F)cc(F)c1F)N1CCNCC1.Cl.Cl. The molecule has 1 aromatic rings. The number of hydrogen-bond acceptors (Lipinski definition) is 2. The molecule has 1 N–H and O–H groups in total. The van der Waals surface area contributed by atoms with Crippen molar-refractivity contribution in [3.05, 3.63) is 35.1 Å². The van der Waals surface area contributed by atoms with Crippen LogP contribution in [0.25, 0.3) is 0 Å². The van der Waals surface area contributed by atoms with Gasteiger partial charge >= 0.3 is 0 Å². The van der Waals surface area contributed by atoms with Crippen molar-refractivity contribution in [2.75, 3.05) is 26.2 Å². The number of hydrogen-bond donors (Lipinski definition) is 1. The zero-order valence-electron chi connectivity index (χ0n) is 13.0. The van der Waals surface area contributed by atoms with Gasteiger partial charge in [-0.25, -0.2) is 13.2 Å². The second-order valence-corrected chi connectivity index (χ2v) is 6.35. The van der Waals surface area contributed by atoms with E-state index in [0.717, 1.165) is 32.2 Å². The molecule has 1 aromatic carbocycles. The maximum absolute atomic E-state index is 14.1. The van der Waals surface area contributed by atoms with Crippen molar-refractivity contribution in [1.29, 1.82) is 0 Å². The van der Waals surface area contributed by atoms with Gasteiger partial charge in [-0.15, -0.1) is 24.8 Å². The molecule has 1 heterocycles. The third-order valence-electron chi connectivity index (χ3n) is 3.65. The summed E-state index contributed by atoms with van der Waals surface area (Å²) >= 11 is 0. The van der Waals surface area contributed by atoms with Crippen LogP contribution in [0.4, 0.5) is 13.2 Å². The predicted octanol–water partition coefficient (Wildman–Crippen LogP) is 3.94. The molecule has 1 aliphatic rings. The lowest BCUT2D eigenvalue weighted by Crippen LogP contribution is -2.48. The number of benzene rings is 1. The minimum Gasteiger partial charge on any atom is -0.314 e. The fourth-order valence-corrected chi connectivity index (χ4v) is 2.93. The predicted molar refractivity (Wildman–Crippen MR) is 87.5 cm³/mol. The molecule has 22 heavy (non-hydrogen) atoms. The van der Waals surface area contributed by atoms with Crippen molar-refractivity contribution in [1.82, 2.24) is 10.2 Å². The van der Waals surface area contributed by atoms with Gasteiger partial charge in [0, 0.05) is 43.9 Å². The quantitative estimate of drug-likeness (QED) is 0.805. The van der Waals surface area contributed by atoms with Crippen molar-refractivity contribution >= 4 is 24.8 Å². The summed E-state index contributed by atoms with van der Waals surface area (Å²) in [7, 11) is 0. The molecule has 2 rings (SSSR count). The lowest BCUT2D eigenvalue weighted by atomic mass is 9.80. The Morgan fingerprint density at radius 3 is 2.09 bits per heavy atom. The van der Waals surface area contributed by atoms with E-state index in [9.17, 15) is 13.2 Å². The van der Waals surface area contributed by atoms with E-state index in [2.05, 4.69) is 10.2 Å². The van der Waals surface area contributed by atoms with Gasteiger partial charge in [0.25, 0.3) is 0 Å². The zero-order chi connectivity index (χ0) is 14.9. The standard InChI is InChI=1S/C15H21F3N2.2ClH/c1-15(2,3)14(20-6-4-19-5-7-20)11-8-10(16)9-12(17)13(11)18;;/h8-9,14,19H,4-7H2,1-3H3;2*1H/t14-;;/m1../s1. The molecule has 1 fully saturated rings. The fourth-order valence-electron chi connectivity index (χ4n) is 2.93. The Hall–Kier alpha value is -0.490. The molecule has 0 aromatic heterocycles. The number of rotatable bonds is 2. The molecule has 0 amide bonds. The minimum atomic E-state index is -1.12. The lowest BCUT2D eigenvalue weighted by Gasteiger charge is -2.42. The van der Waals surface area contributed by atoms with Gasteiger partial charge in [0.1, 0.15) is 5.82 Å². The van der Waals surface area contributed by atoms with Crippen LogP contribution in [0.3, 0.4) is 0 Å². The van der Waals surface area contributed by atoms with E-state index in [1.807, 2.05) is 20.8 Å². The molecule has 0 radical (unpaired) electrons. The third-order valence-corrected chi connectivity index (χ3v) is 3.65. The number of nitrogens with zero attached hydrogens (tertiary/aromatic N) is 1. The van der Waals surface area contributed by atoms with Gasteiger partial charge in [-0.2, -0.15) is 0 Å². The van der Waals surface area contributed by atoms with E-state index in [-0.39, 0.29) is 41.8 Å². The summed E-state index contributed by atoms with van der Waals surface area (Å²) in [5.41, 5.74) is -0.213. The van der Waals surface area contributed by atoms with Gasteiger partial charge in [0.2, 0.25) is 0 Å². The molecule has 0 saturated carbocycles. The molecule has 0 aliphatic carbocycles. The van der Waals surface area contributed by atoms with Crippen molar-refractivity contribution in [2.24, 2.45) is 5.41 Å². The second kappa shape index (κ2) is 8.39. The number of piperazine rings is 1. The monoisotopic (exact) mass is 358 g/mol. The van der Waals surface area contributed by atoms with Gasteiger partial charge in [0.15, 0.2) is 11.6 Å². The van der Waals surface area contributed by atoms with E-state index < -0.39 is 17.5 Å². The lowest BCUT2D eigenvalue weighted by molar-refractivity contribution is 0.0826. The van der Waals surface area contributed by atoms with Crippen LogP contribution in [0.5, 0.6) is 0 Å². The molecule has 1 saturated heterocycles. The Bertz CT molecular complexity index is 486.